The molecule has 0 amide bonds. The lowest BCUT2D eigenvalue weighted by Crippen LogP contribution is -2.14. The molecule has 1 aromatic carbocycles. The van der Waals surface area contributed by atoms with E-state index in [1.807, 2.05) is 24.3 Å². The van der Waals surface area contributed by atoms with Gasteiger partial charge in [-0.2, -0.15) is 10.2 Å². The summed E-state index contributed by atoms with van der Waals surface area (Å²) in [6.07, 6.45) is 3.46. The van der Waals surface area contributed by atoms with Crippen LogP contribution in [0.1, 0.15) is 17.0 Å². The Morgan fingerprint density at radius 1 is 1.00 bits per heavy atom. The van der Waals surface area contributed by atoms with E-state index in [0.717, 1.165) is 5.56 Å². The molecule has 3 heteroatoms. The van der Waals surface area contributed by atoms with Crippen LogP contribution in [0, 0.1) is 0 Å². The molecular formula is C12H13N3. The van der Waals surface area contributed by atoms with E-state index < -0.39 is 0 Å². The molecule has 0 aliphatic rings. The quantitative estimate of drug-likeness (QED) is 0.816. The highest BCUT2D eigenvalue weighted by Crippen LogP contribution is 2.21. The van der Waals surface area contributed by atoms with Crippen molar-refractivity contribution in [1.29, 1.82) is 0 Å². The molecule has 2 rings (SSSR count). The third kappa shape index (κ3) is 2.19. The topological polar surface area (TPSA) is 51.8 Å². The average molecular weight is 199 g/mol. The number of aromatic nitrogens is 2. The standard InChI is InChI=1S/C12H13N3/c13-8-12(10-4-2-1-3-5-10)11-6-7-14-15-9-11/h1-7,9,12H,8,13H2/t12-/m0/s1. The Balaban J connectivity index is 2.34. The number of hydrogen-bond acceptors (Lipinski definition) is 3. The first kappa shape index (κ1) is 9.80. The van der Waals surface area contributed by atoms with Crippen molar-refractivity contribution in [2.45, 2.75) is 5.92 Å². The zero-order valence-electron chi connectivity index (χ0n) is 8.38. The van der Waals surface area contributed by atoms with Crippen LogP contribution in [0.15, 0.2) is 48.8 Å². The van der Waals surface area contributed by atoms with Crippen molar-refractivity contribution in [3.8, 4) is 0 Å². The van der Waals surface area contributed by atoms with Crippen LogP contribution in [0.2, 0.25) is 0 Å². The molecule has 0 fully saturated rings. The first-order valence-corrected chi connectivity index (χ1v) is 4.93. The van der Waals surface area contributed by atoms with E-state index in [1.165, 1.54) is 5.56 Å². The molecule has 0 unspecified atom stereocenters. The van der Waals surface area contributed by atoms with Crippen LogP contribution in [-0.2, 0) is 0 Å². The van der Waals surface area contributed by atoms with Gasteiger partial charge < -0.3 is 5.73 Å². The van der Waals surface area contributed by atoms with Crippen LogP contribution in [0.25, 0.3) is 0 Å². The Morgan fingerprint density at radius 3 is 2.40 bits per heavy atom. The van der Waals surface area contributed by atoms with Gasteiger partial charge >= 0.3 is 0 Å². The highest BCUT2D eigenvalue weighted by molar-refractivity contribution is 5.30. The van der Waals surface area contributed by atoms with Crippen LogP contribution in [0.3, 0.4) is 0 Å². The van der Waals surface area contributed by atoms with Gasteiger partial charge in [-0.05, 0) is 17.2 Å². The summed E-state index contributed by atoms with van der Waals surface area (Å²) in [5.74, 6) is 0.210. The van der Waals surface area contributed by atoms with Crippen LogP contribution in [-0.4, -0.2) is 16.7 Å². The lowest BCUT2D eigenvalue weighted by molar-refractivity contribution is 0.803. The van der Waals surface area contributed by atoms with Gasteiger partial charge in [0.25, 0.3) is 0 Å². The molecular weight excluding hydrogens is 186 g/mol. The van der Waals surface area contributed by atoms with E-state index in [9.17, 15) is 0 Å². The van der Waals surface area contributed by atoms with Gasteiger partial charge in [0.05, 0.1) is 6.20 Å². The van der Waals surface area contributed by atoms with Crippen molar-refractivity contribution in [1.82, 2.24) is 10.2 Å². The normalized spacial score (nSPS) is 12.3. The first-order chi connectivity index (χ1) is 7.42. The molecule has 3 nitrogen and oxygen atoms in total. The summed E-state index contributed by atoms with van der Waals surface area (Å²) in [7, 11) is 0. The molecule has 15 heavy (non-hydrogen) atoms. The van der Waals surface area contributed by atoms with E-state index in [4.69, 9.17) is 5.73 Å². The Labute approximate surface area is 89.0 Å². The zero-order chi connectivity index (χ0) is 10.5. The van der Waals surface area contributed by atoms with Crippen LogP contribution < -0.4 is 5.73 Å². The second-order valence-corrected chi connectivity index (χ2v) is 3.37. The largest absolute Gasteiger partial charge is 0.330 e. The maximum absolute atomic E-state index is 5.79. The molecule has 2 aromatic rings. The van der Waals surface area contributed by atoms with Gasteiger partial charge in [0.2, 0.25) is 0 Å². The maximum Gasteiger partial charge on any atom is 0.0534 e. The number of rotatable bonds is 3. The Kier molecular flexibility index (Phi) is 3.05. The van der Waals surface area contributed by atoms with Gasteiger partial charge in [-0.15, -0.1) is 0 Å². The fourth-order valence-corrected chi connectivity index (χ4v) is 1.66. The summed E-state index contributed by atoms with van der Waals surface area (Å²) in [4.78, 5) is 0. The van der Waals surface area contributed by atoms with Gasteiger partial charge in [0, 0.05) is 18.7 Å². The summed E-state index contributed by atoms with van der Waals surface area (Å²) in [6, 6.07) is 12.2. The Bertz CT molecular complexity index is 360. The number of nitrogens with zero attached hydrogens (tertiary/aromatic N) is 2. The molecule has 0 radical (unpaired) electrons. The van der Waals surface area contributed by atoms with Crippen molar-refractivity contribution < 1.29 is 0 Å². The molecule has 0 aliphatic carbocycles. The van der Waals surface area contributed by atoms with Crippen molar-refractivity contribution in [3.05, 3.63) is 59.9 Å². The van der Waals surface area contributed by atoms with Crippen LogP contribution in [0.5, 0.6) is 0 Å². The molecule has 0 bridgehead atoms. The third-order valence-corrected chi connectivity index (χ3v) is 2.45. The van der Waals surface area contributed by atoms with Crippen LogP contribution in [0.4, 0.5) is 0 Å². The second-order valence-electron chi connectivity index (χ2n) is 3.37. The maximum atomic E-state index is 5.79. The van der Waals surface area contributed by atoms with Crippen molar-refractivity contribution >= 4 is 0 Å². The first-order valence-electron chi connectivity index (χ1n) is 4.93. The molecule has 2 N–H and O–H groups in total. The smallest absolute Gasteiger partial charge is 0.0534 e. The molecule has 0 saturated heterocycles. The monoisotopic (exact) mass is 199 g/mol. The third-order valence-electron chi connectivity index (χ3n) is 2.45. The summed E-state index contributed by atoms with van der Waals surface area (Å²) in [5, 5.41) is 7.64. The molecule has 0 aliphatic heterocycles. The molecule has 1 heterocycles. The second kappa shape index (κ2) is 4.66. The molecule has 0 saturated carbocycles. The van der Waals surface area contributed by atoms with Gasteiger partial charge in [0.15, 0.2) is 0 Å². The predicted octanol–water partition coefficient (Wildman–Crippen LogP) is 1.57. The fraction of sp³-hybridized carbons (Fsp3) is 0.167. The number of hydrogen-bond donors (Lipinski definition) is 1. The van der Waals surface area contributed by atoms with Gasteiger partial charge in [-0.1, -0.05) is 30.3 Å². The molecule has 1 aromatic heterocycles. The molecule has 76 valence electrons. The highest BCUT2D eigenvalue weighted by atomic mass is 15.1. The van der Waals surface area contributed by atoms with Crippen molar-refractivity contribution in [3.63, 3.8) is 0 Å². The SMILES string of the molecule is NC[C@@H](c1ccccc1)c1ccnnc1. The van der Waals surface area contributed by atoms with Gasteiger partial charge in [0.1, 0.15) is 0 Å². The highest BCUT2D eigenvalue weighted by Gasteiger charge is 2.11. The van der Waals surface area contributed by atoms with Gasteiger partial charge in [-0.3, -0.25) is 0 Å². The molecule has 0 spiro atoms. The number of nitrogens with two attached hydrogens (primary N) is 1. The van der Waals surface area contributed by atoms with Crippen LogP contribution >= 0.6 is 0 Å². The minimum atomic E-state index is 0.210. The molecule has 1 atom stereocenters. The number of benzene rings is 1. The summed E-state index contributed by atoms with van der Waals surface area (Å²) in [5.41, 5.74) is 8.11. The summed E-state index contributed by atoms with van der Waals surface area (Å²) < 4.78 is 0. The fourth-order valence-electron chi connectivity index (χ4n) is 1.66. The van der Waals surface area contributed by atoms with E-state index >= 15 is 0 Å². The zero-order valence-corrected chi connectivity index (χ0v) is 8.38. The Hall–Kier alpha value is -1.74. The average Bonchev–Trinajstić information content (AvgIpc) is 2.33. The van der Waals surface area contributed by atoms with E-state index in [2.05, 4.69) is 22.3 Å². The van der Waals surface area contributed by atoms with E-state index in [0.29, 0.717) is 6.54 Å². The van der Waals surface area contributed by atoms with E-state index in [-0.39, 0.29) is 5.92 Å². The lowest BCUT2D eigenvalue weighted by Gasteiger charge is -2.14. The summed E-state index contributed by atoms with van der Waals surface area (Å²) >= 11 is 0. The Morgan fingerprint density at radius 2 is 1.80 bits per heavy atom. The predicted molar refractivity (Wildman–Crippen MR) is 59.4 cm³/mol. The van der Waals surface area contributed by atoms with Gasteiger partial charge in [-0.25, -0.2) is 0 Å². The van der Waals surface area contributed by atoms with Crippen molar-refractivity contribution in [2.75, 3.05) is 6.54 Å². The lowest BCUT2D eigenvalue weighted by atomic mass is 9.93. The minimum Gasteiger partial charge on any atom is -0.330 e. The minimum absolute atomic E-state index is 0.210. The van der Waals surface area contributed by atoms with E-state index in [1.54, 1.807) is 12.4 Å². The van der Waals surface area contributed by atoms with Crippen molar-refractivity contribution in [2.24, 2.45) is 5.73 Å². The summed E-state index contributed by atoms with van der Waals surface area (Å²) in [6.45, 7) is 0.579.